The lowest BCUT2D eigenvalue weighted by Crippen LogP contribution is -2.15. The molecule has 0 unspecified atom stereocenters. The van der Waals surface area contributed by atoms with E-state index in [0.29, 0.717) is 17.0 Å². The Kier molecular flexibility index (Phi) is 4.95. The molecule has 1 aromatic heterocycles. The predicted octanol–water partition coefficient (Wildman–Crippen LogP) is 4.19. The number of amides is 1. The van der Waals surface area contributed by atoms with Crippen LogP contribution in [0.25, 0.3) is 0 Å². The molecule has 1 heterocycles. The number of carbonyl (C=O) groups is 1. The van der Waals surface area contributed by atoms with E-state index in [-0.39, 0.29) is 5.91 Å². The zero-order chi connectivity index (χ0) is 17.6. The van der Waals surface area contributed by atoms with Crippen molar-refractivity contribution in [2.75, 3.05) is 24.3 Å². The van der Waals surface area contributed by atoms with E-state index in [0.717, 1.165) is 11.6 Å². The number of hydrogen-bond donors (Lipinski definition) is 1. The summed E-state index contributed by atoms with van der Waals surface area (Å²) in [6, 6.07) is 20.3. The fourth-order valence-corrected chi connectivity index (χ4v) is 2.24. The van der Waals surface area contributed by atoms with Crippen molar-refractivity contribution in [1.29, 1.82) is 0 Å². The number of pyridine rings is 1. The summed E-state index contributed by atoms with van der Waals surface area (Å²) in [5.74, 6) is 2.04. The molecule has 0 saturated heterocycles. The fraction of sp³-hybridized carbons (Fsp3) is 0.100. The average molecular weight is 333 g/mol. The Bertz CT molecular complexity index is 846. The van der Waals surface area contributed by atoms with Gasteiger partial charge >= 0.3 is 0 Å². The Morgan fingerprint density at radius 3 is 2.32 bits per heavy atom. The Morgan fingerprint density at radius 1 is 0.960 bits per heavy atom. The first-order chi connectivity index (χ1) is 12.1. The highest BCUT2D eigenvalue weighted by Gasteiger charge is 2.08. The molecule has 1 N–H and O–H groups in total. The number of hydrogen-bond acceptors (Lipinski definition) is 4. The highest BCUT2D eigenvalue weighted by molar-refractivity contribution is 6.04. The number of nitrogens with one attached hydrogen (secondary N) is 1. The van der Waals surface area contributed by atoms with E-state index in [1.165, 1.54) is 0 Å². The summed E-state index contributed by atoms with van der Waals surface area (Å²) in [5.41, 5.74) is 1.26. The van der Waals surface area contributed by atoms with Gasteiger partial charge in [0, 0.05) is 31.5 Å². The van der Waals surface area contributed by atoms with Gasteiger partial charge in [-0.25, -0.2) is 4.98 Å². The van der Waals surface area contributed by atoms with E-state index in [2.05, 4.69) is 10.3 Å². The van der Waals surface area contributed by atoms with Gasteiger partial charge in [0.25, 0.3) is 5.91 Å². The van der Waals surface area contributed by atoms with Gasteiger partial charge in [0.1, 0.15) is 17.3 Å². The van der Waals surface area contributed by atoms with Crippen LogP contribution in [0.5, 0.6) is 11.5 Å². The third-order valence-corrected chi connectivity index (χ3v) is 3.56. The molecule has 0 aliphatic heterocycles. The van der Waals surface area contributed by atoms with Gasteiger partial charge in [-0.2, -0.15) is 0 Å². The van der Waals surface area contributed by atoms with Crippen molar-refractivity contribution in [3.8, 4) is 11.5 Å². The normalized spacial score (nSPS) is 10.2. The maximum absolute atomic E-state index is 12.4. The SMILES string of the molecule is CN(C)c1cc(C(=O)Nc2ccc(Oc3ccccc3)cc2)ccn1. The van der Waals surface area contributed by atoms with Crippen molar-refractivity contribution in [2.24, 2.45) is 0 Å². The largest absolute Gasteiger partial charge is 0.457 e. The first kappa shape index (κ1) is 16.5. The number of para-hydroxylation sites is 1. The van der Waals surface area contributed by atoms with E-state index in [4.69, 9.17) is 4.74 Å². The van der Waals surface area contributed by atoms with Crippen LogP contribution in [0.1, 0.15) is 10.4 Å². The minimum Gasteiger partial charge on any atom is -0.457 e. The summed E-state index contributed by atoms with van der Waals surface area (Å²) >= 11 is 0. The second-order valence-electron chi connectivity index (χ2n) is 5.69. The second kappa shape index (κ2) is 7.49. The number of rotatable bonds is 5. The molecule has 5 nitrogen and oxygen atoms in total. The third-order valence-electron chi connectivity index (χ3n) is 3.56. The van der Waals surface area contributed by atoms with Crippen LogP contribution < -0.4 is 15.0 Å². The monoisotopic (exact) mass is 333 g/mol. The van der Waals surface area contributed by atoms with Crippen molar-refractivity contribution in [2.45, 2.75) is 0 Å². The smallest absolute Gasteiger partial charge is 0.255 e. The summed E-state index contributed by atoms with van der Waals surface area (Å²) < 4.78 is 5.74. The van der Waals surface area contributed by atoms with E-state index >= 15 is 0 Å². The summed E-state index contributed by atoms with van der Waals surface area (Å²) in [6.07, 6.45) is 1.63. The molecule has 0 radical (unpaired) electrons. The first-order valence-electron chi connectivity index (χ1n) is 7.89. The van der Waals surface area contributed by atoms with E-state index < -0.39 is 0 Å². The number of aromatic nitrogens is 1. The molecular weight excluding hydrogens is 314 g/mol. The molecule has 0 spiro atoms. The van der Waals surface area contributed by atoms with Crippen LogP contribution in [0.3, 0.4) is 0 Å². The molecule has 0 atom stereocenters. The van der Waals surface area contributed by atoms with E-state index in [1.807, 2.05) is 73.6 Å². The van der Waals surface area contributed by atoms with Crippen LogP contribution in [-0.4, -0.2) is 25.0 Å². The van der Waals surface area contributed by atoms with Crippen LogP contribution in [0, 0.1) is 0 Å². The van der Waals surface area contributed by atoms with Crippen LogP contribution in [0.4, 0.5) is 11.5 Å². The Labute approximate surface area is 146 Å². The number of benzene rings is 2. The van der Waals surface area contributed by atoms with Gasteiger partial charge < -0.3 is 15.0 Å². The Hall–Kier alpha value is -3.34. The van der Waals surface area contributed by atoms with Crippen molar-refractivity contribution in [1.82, 2.24) is 4.98 Å². The van der Waals surface area contributed by atoms with E-state index in [1.54, 1.807) is 18.3 Å². The number of nitrogens with zero attached hydrogens (tertiary/aromatic N) is 2. The minimum atomic E-state index is -0.178. The summed E-state index contributed by atoms with van der Waals surface area (Å²) in [5, 5.41) is 2.87. The standard InChI is InChI=1S/C20H19N3O2/c1-23(2)19-14-15(12-13-21-19)20(24)22-16-8-10-18(11-9-16)25-17-6-4-3-5-7-17/h3-14H,1-2H3,(H,22,24). The van der Waals surface area contributed by atoms with Crippen molar-refractivity contribution in [3.63, 3.8) is 0 Å². The molecule has 126 valence electrons. The highest BCUT2D eigenvalue weighted by Crippen LogP contribution is 2.23. The molecule has 0 aliphatic rings. The Balaban J connectivity index is 1.67. The van der Waals surface area contributed by atoms with Crippen molar-refractivity contribution >= 4 is 17.4 Å². The quantitative estimate of drug-likeness (QED) is 0.760. The number of anilines is 2. The van der Waals surface area contributed by atoms with Gasteiger partial charge in [0.15, 0.2) is 0 Å². The van der Waals surface area contributed by atoms with E-state index in [9.17, 15) is 4.79 Å². The van der Waals surface area contributed by atoms with Gasteiger partial charge in [-0.3, -0.25) is 4.79 Å². The molecule has 3 aromatic rings. The zero-order valence-electron chi connectivity index (χ0n) is 14.1. The van der Waals surface area contributed by atoms with Crippen molar-refractivity contribution < 1.29 is 9.53 Å². The van der Waals surface area contributed by atoms with Gasteiger partial charge in [-0.05, 0) is 48.5 Å². The van der Waals surface area contributed by atoms with Crippen LogP contribution >= 0.6 is 0 Å². The molecule has 0 bridgehead atoms. The number of carbonyl (C=O) groups excluding carboxylic acids is 1. The zero-order valence-corrected chi connectivity index (χ0v) is 14.1. The van der Waals surface area contributed by atoms with Crippen LogP contribution in [0.15, 0.2) is 72.9 Å². The molecule has 0 saturated carbocycles. The second-order valence-corrected chi connectivity index (χ2v) is 5.69. The van der Waals surface area contributed by atoms with Crippen molar-refractivity contribution in [3.05, 3.63) is 78.5 Å². The molecule has 2 aromatic carbocycles. The minimum absolute atomic E-state index is 0.178. The lowest BCUT2D eigenvalue weighted by molar-refractivity contribution is 0.102. The van der Waals surface area contributed by atoms with Crippen LogP contribution in [0.2, 0.25) is 0 Å². The first-order valence-corrected chi connectivity index (χ1v) is 7.89. The Morgan fingerprint density at radius 2 is 1.64 bits per heavy atom. The topological polar surface area (TPSA) is 54.5 Å². The molecule has 5 heteroatoms. The van der Waals surface area contributed by atoms with Gasteiger partial charge in [0.2, 0.25) is 0 Å². The molecule has 1 amide bonds. The number of ether oxygens (including phenoxy) is 1. The summed E-state index contributed by atoms with van der Waals surface area (Å²) in [7, 11) is 3.77. The lowest BCUT2D eigenvalue weighted by Gasteiger charge is -2.12. The molecule has 3 rings (SSSR count). The molecule has 25 heavy (non-hydrogen) atoms. The lowest BCUT2D eigenvalue weighted by atomic mass is 10.2. The van der Waals surface area contributed by atoms with Crippen LogP contribution in [-0.2, 0) is 0 Å². The molecular formula is C20H19N3O2. The van der Waals surface area contributed by atoms with Gasteiger partial charge in [-0.1, -0.05) is 18.2 Å². The molecule has 0 fully saturated rings. The third kappa shape index (κ3) is 4.35. The molecule has 0 aliphatic carbocycles. The average Bonchev–Trinajstić information content (AvgIpc) is 2.64. The fourth-order valence-electron chi connectivity index (χ4n) is 2.24. The highest BCUT2D eigenvalue weighted by atomic mass is 16.5. The maximum Gasteiger partial charge on any atom is 0.255 e. The van der Waals surface area contributed by atoms with Gasteiger partial charge in [0.05, 0.1) is 0 Å². The van der Waals surface area contributed by atoms with Gasteiger partial charge in [-0.15, -0.1) is 0 Å². The predicted molar refractivity (Wildman–Crippen MR) is 99.5 cm³/mol. The summed E-state index contributed by atoms with van der Waals surface area (Å²) in [4.78, 5) is 18.4. The summed E-state index contributed by atoms with van der Waals surface area (Å²) in [6.45, 7) is 0. The maximum atomic E-state index is 12.4.